The van der Waals surface area contributed by atoms with Crippen LogP contribution in [0.2, 0.25) is 0 Å². The number of fused-ring (bicyclic) bond motifs is 1. The maximum atomic E-state index is 11.7. The minimum absolute atomic E-state index is 0.293. The Balaban J connectivity index is 2.87. The van der Waals surface area contributed by atoms with Crippen LogP contribution in [-0.2, 0) is 4.79 Å². The van der Waals surface area contributed by atoms with Gasteiger partial charge >= 0.3 is 0 Å². The lowest BCUT2D eigenvalue weighted by atomic mass is 9.92. The standard InChI is InChI=1S/C14H12O2/c1-7(2)11-8(3)5-6-10-12(11)9(4)13(15)14(10)16/h5-6H,1,4H2,2-3H3. The zero-order valence-electron chi connectivity index (χ0n) is 9.39. The van der Waals surface area contributed by atoms with Crippen LogP contribution >= 0.6 is 0 Å². The molecule has 80 valence electrons. The van der Waals surface area contributed by atoms with Crippen LogP contribution in [0.25, 0.3) is 11.1 Å². The molecule has 0 spiro atoms. The van der Waals surface area contributed by atoms with Gasteiger partial charge in [0.05, 0.1) is 0 Å². The minimum atomic E-state index is -0.497. The molecule has 1 aliphatic carbocycles. The summed E-state index contributed by atoms with van der Waals surface area (Å²) in [5.74, 6) is -0.953. The summed E-state index contributed by atoms with van der Waals surface area (Å²) in [6.07, 6.45) is 0. The molecule has 2 rings (SSSR count). The lowest BCUT2D eigenvalue weighted by Crippen LogP contribution is -2.04. The van der Waals surface area contributed by atoms with Crippen molar-refractivity contribution in [2.24, 2.45) is 0 Å². The van der Waals surface area contributed by atoms with E-state index in [1.54, 1.807) is 6.07 Å². The number of Topliss-reactive ketones (excluding diaryl/α,β-unsaturated/α-hetero) is 2. The summed E-state index contributed by atoms with van der Waals surface area (Å²) in [6, 6.07) is 3.53. The molecule has 1 aromatic carbocycles. The van der Waals surface area contributed by atoms with Gasteiger partial charge in [-0.25, -0.2) is 0 Å². The van der Waals surface area contributed by atoms with Crippen molar-refractivity contribution in [3.63, 3.8) is 0 Å². The lowest BCUT2D eigenvalue weighted by molar-refractivity contribution is -0.109. The van der Waals surface area contributed by atoms with Gasteiger partial charge in [0.1, 0.15) is 0 Å². The number of benzene rings is 1. The second kappa shape index (κ2) is 3.27. The van der Waals surface area contributed by atoms with Crippen LogP contribution in [0.3, 0.4) is 0 Å². The fourth-order valence-corrected chi connectivity index (χ4v) is 2.13. The number of aryl methyl sites for hydroxylation is 1. The van der Waals surface area contributed by atoms with Gasteiger partial charge in [0.25, 0.3) is 0 Å². The smallest absolute Gasteiger partial charge is 0.234 e. The Bertz CT molecular complexity index is 562. The average Bonchev–Trinajstić information content (AvgIpc) is 2.43. The molecule has 0 bridgehead atoms. The predicted molar refractivity (Wildman–Crippen MR) is 64.3 cm³/mol. The molecule has 0 fully saturated rings. The summed E-state index contributed by atoms with van der Waals surface area (Å²) < 4.78 is 0. The van der Waals surface area contributed by atoms with Crippen molar-refractivity contribution in [1.29, 1.82) is 0 Å². The molecule has 2 nitrogen and oxygen atoms in total. The van der Waals surface area contributed by atoms with Crippen LogP contribution in [0.15, 0.2) is 25.3 Å². The van der Waals surface area contributed by atoms with Gasteiger partial charge in [-0.05, 0) is 31.0 Å². The highest BCUT2D eigenvalue weighted by atomic mass is 16.2. The fraction of sp³-hybridized carbons (Fsp3) is 0.143. The van der Waals surface area contributed by atoms with Crippen LogP contribution < -0.4 is 0 Å². The number of carbonyl (C=O) groups is 2. The minimum Gasteiger partial charge on any atom is -0.285 e. The number of rotatable bonds is 1. The van der Waals surface area contributed by atoms with Crippen LogP contribution in [0.4, 0.5) is 0 Å². The molecule has 0 radical (unpaired) electrons. The third kappa shape index (κ3) is 1.20. The normalized spacial score (nSPS) is 14.2. The largest absolute Gasteiger partial charge is 0.285 e. The van der Waals surface area contributed by atoms with Crippen LogP contribution in [-0.4, -0.2) is 11.6 Å². The topological polar surface area (TPSA) is 34.1 Å². The monoisotopic (exact) mass is 212 g/mol. The first-order valence-electron chi connectivity index (χ1n) is 5.03. The maximum absolute atomic E-state index is 11.7. The number of allylic oxidation sites excluding steroid dienone is 2. The van der Waals surface area contributed by atoms with Crippen LogP contribution in [0, 0.1) is 6.92 Å². The Morgan fingerprint density at radius 3 is 2.38 bits per heavy atom. The highest BCUT2D eigenvalue weighted by Gasteiger charge is 2.34. The van der Waals surface area contributed by atoms with Gasteiger partial charge < -0.3 is 0 Å². The van der Waals surface area contributed by atoms with Gasteiger partial charge in [0.2, 0.25) is 11.6 Å². The first-order chi connectivity index (χ1) is 7.45. The van der Waals surface area contributed by atoms with E-state index < -0.39 is 11.6 Å². The van der Waals surface area contributed by atoms with E-state index in [1.165, 1.54) is 0 Å². The Kier molecular flexibility index (Phi) is 2.16. The molecule has 0 heterocycles. The van der Waals surface area contributed by atoms with Crippen LogP contribution in [0.1, 0.15) is 34.0 Å². The van der Waals surface area contributed by atoms with Crippen molar-refractivity contribution in [2.75, 3.05) is 0 Å². The number of carbonyl (C=O) groups excluding carboxylic acids is 2. The second-order valence-corrected chi connectivity index (χ2v) is 4.10. The highest BCUT2D eigenvalue weighted by Crippen LogP contribution is 2.35. The third-order valence-electron chi connectivity index (χ3n) is 2.87. The van der Waals surface area contributed by atoms with Gasteiger partial charge in [-0.15, -0.1) is 0 Å². The van der Waals surface area contributed by atoms with E-state index in [9.17, 15) is 9.59 Å². The Labute approximate surface area is 94.3 Å². The molecular weight excluding hydrogens is 200 g/mol. The molecule has 0 aliphatic heterocycles. The van der Waals surface area contributed by atoms with E-state index in [2.05, 4.69) is 13.2 Å². The van der Waals surface area contributed by atoms with Crippen molar-refractivity contribution >= 4 is 22.7 Å². The summed E-state index contributed by atoms with van der Waals surface area (Å²) >= 11 is 0. The average molecular weight is 212 g/mol. The quantitative estimate of drug-likeness (QED) is 0.530. The van der Waals surface area contributed by atoms with Crippen molar-refractivity contribution in [3.05, 3.63) is 47.5 Å². The van der Waals surface area contributed by atoms with Crippen molar-refractivity contribution < 1.29 is 9.59 Å². The number of ketones is 2. The Hall–Kier alpha value is -1.96. The predicted octanol–water partition coefficient (Wildman–Crippen LogP) is 2.81. The molecule has 1 aromatic rings. The van der Waals surface area contributed by atoms with E-state index in [1.807, 2.05) is 19.9 Å². The molecule has 16 heavy (non-hydrogen) atoms. The number of hydrogen-bond acceptors (Lipinski definition) is 2. The SMILES string of the molecule is C=C(C)c1c(C)ccc2c1C(=C)C(=O)C2=O. The molecule has 0 aromatic heterocycles. The molecule has 0 unspecified atom stereocenters. The molecule has 0 N–H and O–H groups in total. The summed E-state index contributed by atoms with van der Waals surface area (Å²) in [4.78, 5) is 23.2. The molecular formula is C14H12O2. The molecule has 2 heteroatoms. The lowest BCUT2D eigenvalue weighted by Gasteiger charge is -2.10. The first-order valence-corrected chi connectivity index (χ1v) is 5.03. The van der Waals surface area contributed by atoms with E-state index in [0.717, 1.165) is 16.7 Å². The zero-order valence-corrected chi connectivity index (χ0v) is 9.39. The van der Waals surface area contributed by atoms with E-state index >= 15 is 0 Å². The van der Waals surface area contributed by atoms with Crippen LogP contribution in [0.5, 0.6) is 0 Å². The van der Waals surface area contributed by atoms with Crippen molar-refractivity contribution in [3.8, 4) is 0 Å². The molecule has 1 aliphatic rings. The van der Waals surface area contributed by atoms with Crippen molar-refractivity contribution in [1.82, 2.24) is 0 Å². The summed E-state index contributed by atoms with van der Waals surface area (Å²) in [6.45, 7) is 11.4. The summed E-state index contributed by atoms with van der Waals surface area (Å²) in [5.41, 5.74) is 4.15. The first kappa shape index (κ1) is 10.6. The fourth-order valence-electron chi connectivity index (χ4n) is 2.13. The van der Waals surface area contributed by atoms with Gasteiger partial charge in [-0.3, -0.25) is 9.59 Å². The van der Waals surface area contributed by atoms with Crippen molar-refractivity contribution in [2.45, 2.75) is 13.8 Å². The summed E-state index contributed by atoms with van der Waals surface area (Å²) in [5, 5.41) is 0. The molecule has 0 atom stereocenters. The van der Waals surface area contributed by atoms with Gasteiger partial charge in [0, 0.05) is 16.7 Å². The Morgan fingerprint density at radius 1 is 1.19 bits per heavy atom. The highest BCUT2D eigenvalue weighted by molar-refractivity contribution is 6.63. The van der Waals surface area contributed by atoms with Gasteiger partial charge in [-0.2, -0.15) is 0 Å². The second-order valence-electron chi connectivity index (χ2n) is 4.10. The zero-order chi connectivity index (χ0) is 12.0. The van der Waals surface area contributed by atoms with E-state index in [4.69, 9.17) is 0 Å². The molecule has 0 saturated heterocycles. The summed E-state index contributed by atoms with van der Waals surface area (Å²) in [7, 11) is 0. The van der Waals surface area contributed by atoms with E-state index in [-0.39, 0.29) is 0 Å². The van der Waals surface area contributed by atoms with Gasteiger partial charge in [-0.1, -0.05) is 24.8 Å². The van der Waals surface area contributed by atoms with Gasteiger partial charge in [0.15, 0.2) is 0 Å². The maximum Gasteiger partial charge on any atom is 0.234 e. The number of hydrogen-bond donors (Lipinski definition) is 0. The molecule has 0 amide bonds. The third-order valence-corrected chi connectivity index (χ3v) is 2.87. The van der Waals surface area contributed by atoms with E-state index in [0.29, 0.717) is 16.7 Å². The molecule has 0 saturated carbocycles. The Morgan fingerprint density at radius 2 is 1.81 bits per heavy atom.